The molecule has 0 radical (unpaired) electrons. The molecule has 0 aromatic heterocycles. The summed E-state index contributed by atoms with van der Waals surface area (Å²) in [4.78, 5) is 13.0. The monoisotopic (exact) mass is 209 g/mol. The van der Waals surface area contributed by atoms with E-state index in [1.807, 2.05) is 6.92 Å². The van der Waals surface area contributed by atoms with Crippen molar-refractivity contribution < 1.29 is 9.18 Å². The molecule has 0 aliphatic heterocycles. The van der Waals surface area contributed by atoms with Crippen molar-refractivity contribution in [3.63, 3.8) is 0 Å². The Labute approximate surface area is 89.7 Å². The fourth-order valence-corrected chi connectivity index (χ4v) is 1.43. The molecule has 2 nitrogen and oxygen atoms in total. The number of carbonyl (C=O) groups excluding carboxylic acids is 1. The Morgan fingerprint density at radius 3 is 2.53 bits per heavy atom. The van der Waals surface area contributed by atoms with Gasteiger partial charge in [-0.05, 0) is 17.5 Å². The van der Waals surface area contributed by atoms with E-state index in [0.29, 0.717) is 12.0 Å². The highest BCUT2D eigenvalue weighted by atomic mass is 19.1. The molecule has 0 aliphatic carbocycles. The summed E-state index contributed by atoms with van der Waals surface area (Å²) in [7, 11) is 3.41. The van der Waals surface area contributed by atoms with E-state index in [9.17, 15) is 9.18 Å². The number of rotatable bonds is 3. The van der Waals surface area contributed by atoms with Crippen molar-refractivity contribution in [2.75, 3.05) is 14.1 Å². The Morgan fingerprint density at radius 1 is 1.40 bits per heavy atom. The highest BCUT2D eigenvalue weighted by Crippen LogP contribution is 2.22. The van der Waals surface area contributed by atoms with Crippen LogP contribution < -0.4 is 0 Å². The lowest BCUT2D eigenvalue weighted by atomic mass is 9.97. The number of hydrogen-bond acceptors (Lipinski definition) is 1. The fourth-order valence-electron chi connectivity index (χ4n) is 1.43. The summed E-state index contributed by atoms with van der Waals surface area (Å²) < 4.78 is 13.4. The van der Waals surface area contributed by atoms with E-state index < -0.39 is 0 Å². The molecule has 0 heterocycles. The molecule has 82 valence electrons. The Morgan fingerprint density at radius 2 is 2.00 bits per heavy atom. The largest absolute Gasteiger partial charge is 0.349 e. The van der Waals surface area contributed by atoms with Crippen LogP contribution in [0.2, 0.25) is 0 Å². The molecule has 0 spiro atoms. The average Bonchev–Trinajstić information content (AvgIpc) is 2.18. The van der Waals surface area contributed by atoms with Crippen molar-refractivity contribution >= 4 is 5.91 Å². The van der Waals surface area contributed by atoms with Crippen LogP contribution in [0.3, 0.4) is 0 Å². The first kappa shape index (κ1) is 11.7. The van der Waals surface area contributed by atoms with Crippen molar-refractivity contribution in [3.8, 4) is 0 Å². The zero-order valence-electron chi connectivity index (χ0n) is 9.33. The first-order chi connectivity index (χ1) is 7.02. The third kappa shape index (κ3) is 3.05. The molecule has 1 rings (SSSR count). The molecule has 15 heavy (non-hydrogen) atoms. The molecule has 0 N–H and O–H groups in total. The second-order valence-corrected chi connectivity index (χ2v) is 3.91. The predicted molar refractivity (Wildman–Crippen MR) is 58.1 cm³/mol. The van der Waals surface area contributed by atoms with Crippen LogP contribution in [0.1, 0.15) is 24.8 Å². The lowest BCUT2D eigenvalue weighted by Gasteiger charge is -2.15. The second kappa shape index (κ2) is 4.91. The molecule has 1 aromatic rings. The van der Waals surface area contributed by atoms with Gasteiger partial charge in [-0.2, -0.15) is 0 Å². The highest BCUT2D eigenvalue weighted by Gasteiger charge is 2.15. The smallest absolute Gasteiger partial charge is 0.222 e. The molecule has 1 atom stereocenters. The zero-order valence-corrected chi connectivity index (χ0v) is 9.33. The molecular formula is C12H16FNO. The molecule has 3 heteroatoms. The molecule has 1 aromatic carbocycles. The highest BCUT2D eigenvalue weighted by molar-refractivity contribution is 5.76. The van der Waals surface area contributed by atoms with Gasteiger partial charge in [-0.25, -0.2) is 4.39 Å². The van der Waals surface area contributed by atoms with Gasteiger partial charge in [0, 0.05) is 20.5 Å². The van der Waals surface area contributed by atoms with Crippen molar-refractivity contribution in [2.45, 2.75) is 19.3 Å². The van der Waals surface area contributed by atoms with Gasteiger partial charge in [-0.3, -0.25) is 4.79 Å². The van der Waals surface area contributed by atoms with Crippen molar-refractivity contribution in [1.29, 1.82) is 0 Å². The van der Waals surface area contributed by atoms with Crippen LogP contribution in [0.5, 0.6) is 0 Å². The van der Waals surface area contributed by atoms with Crippen molar-refractivity contribution in [1.82, 2.24) is 4.90 Å². The number of hydrogen-bond donors (Lipinski definition) is 0. The van der Waals surface area contributed by atoms with Gasteiger partial charge in [0.15, 0.2) is 0 Å². The van der Waals surface area contributed by atoms with Gasteiger partial charge < -0.3 is 4.90 Å². The average molecular weight is 209 g/mol. The van der Waals surface area contributed by atoms with Gasteiger partial charge in [-0.15, -0.1) is 0 Å². The van der Waals surface area contributed by atoms with E-state index in [0.717, 1.165) is 0 Å². The summed E-state index contributed by atoms with van der Waals surface area (Å²) >= 11 is 0. The first-order valence-electron chi connectivity index (χ1n) is 4.97. The maximum atomic E-state index is 13.4. The van der Waals surface area contributed by atoms with E-state index in [1.54, 1.807) is 32.3 Å². The molecule has 0 aliphatic rings. The normalized spacial score (nSPS) is 12.3. The van der Waals surface area contributed by atoms with Crippen molar-refractivity contribution in [2.24, 2.45) is 0 Å². The first-order valence-corrected chi connectivity index (χ1v) is 4.97. The number of benzene rings is 1. The standard InChI is InChI=1S/C12H16FNO/c1-9(8-12(15)14(2)3)10-6-4-5-7-11(10)13/h4-7,9H,8H2,1-3H3. The van der Waals surface area contributed by atoms with Crippen molar-refractivity contribution in [3.05, 3.63) is 35.6 Å². The number of halogens is 1. The van der Waals surface area contributed by atoms with Crippen LogP contribution in [0.15, 0.2) is 24.3 Å². The minimum atomic E-state index is -0.239. The number of carbonyl (C=O) groups is 1. The summed E-state index contributed by atoms with van der Waals surface area (Å²) in [6.45, 7) is 1.86. The summed E-state index contributed by atoms with van der Waals surface area (Å²) in [5, 5.41) is 0. The maximum absolute atomic E-state index is 13.4. The Hall–Kier alpha value is -1.38. The van der Waals surface area contributed by atoms with Gasteiger partial charge in [0.2, 0.25) is 5.91 Å². The summed E-state index contributed by atoms with van der Waals surface area (Å²) in [6, 6.07) is 6.59. The quantitative estimate of drug-likeness (QED) is 0.748. The van der Waals surface area contributed by atoms with Crippen LogP contribution in [0.25, 0.3) is 0 Å². The Kier molecular flexibility index (Phi) is 3.83. The van der Waals surface area contributed by atoms with Crippen LogP contribution in [0, 0.1) is 5.82 Å². The summed E-state index contributed by atoms with van der Waals surface area (Å²) in [6.07, 6.45) is 0.341. The van der Waals surface area contributed by atoms with Gasteiger partial charge in [0.1, 0.15) is 5.82 Å². The van der Waals surface area contributed by atoms with Crippen LogP contribution >= 0.6 is 0 Å². The zero-order chi connectivity index (χ0) is 11.4. The lowest BCUT2D eigenvalue weighted by Crippen LogP contribution is -2.23. The molecule has 1 unspecified atom stereocenters. The topological polar surface area (TPSA) is 20.3 Å². The van der Waals surface area contributed by atoms with E-state index in [2.05, 4.69) is 0 Å². The van der Waals surface area contributed by atoms with E-state index in [1.165, 1.54) is 11.0 Å². The lowest BCUT2D eigenvalue weighted by molar-refractivity contribution is -0.129. The van der Waals surface area contributed by atoms with Crippen LogP contribution in [-0.4, -0.2) is 24.9 Å². The van der Waals surface area contributed by atoms with Gasteiger partial charge in [0.25, 0.3) is 0 Å². The predicted octanol–water partition coefficient (Wildman–Crippen LogP) is 2.41. The molecule has 0 fully saturated rings. The molecule has 0 saturated carbocycles. The molecule has 0 bridgehead atoms. The number of amides is 1. The van der Waals surface area contributed by atoms with Crippen LogP contribution in [0.4, 0.5) is 4.39 Å². The Bertz CT molecular complexity index is 349. The molecule has 1 amide bonds. The van der Waals surface area contributed by atoms with Gasteiger partial charge >= 0.3 is 0 Å². The van der Waals surface area contributed by atoms with E-state index in [-0.39, 0.29) is 17.6 Å². The van der Waals surface area contributed by atoms with Gasteiger partial charge in [-0.1, -0.05) is 25.1 Å². The second-order valence-electron chi connectivity index (χ2n) is 3.91. The number of nitrogens with zero attached hydrogens (tertiary/aromatic N) is 1. The van der Waals surface area contributed by atoms with E-state index in [4.69, 9.17) is 0 Å². The van der Waals surface area contributed by atoms with E-state index >= 15 is 0 Å². The maximum Gasteiger partial charge on any atom is 0.222 e. The summed E-state index contributed by atoms with van der Waals surface area (Å²) in [5.74, 6) is -0.302. The third-order valence-corrected chi connectivity index (χ3v) is 2.42. The van der Waals surface area contributed by atoms with Gasteiger partial charge in [0.05, 0.1) is 0 Å². The summed E-state index contributed by atoms with van der Waals surface area (Å²) in [5.41, 5.74) is 0.604. The van der Waals surface area contributed by atoms with Crippen LogP contribution in [-0.2, 0) is 4.79 Å². The Balaban J connectivity index is 2.73. The fraction of sp³-hybridized carbons (Fsp3) is 0.417. The molecule has 0 saturated heterocycles. The third-order valence-electron chi connectivity index (χ3n) is 2.42. The SMILES string of the molecule is CC(CC(=O)N(C)C)c1ccccc1F. The minimum Gasteiger partial charge on any atom is -0.349 e. The minimum absolute atomic E-state index is 0.0192. The molecular weight excluding hydrogens is 193 g/mol.